The van der Waals surface area contributed by atoms with Gasteiger partial charge in [0, 0.05) is 37.9 Å². The topological polar surface area (TPSA) is 24.9 Å². The van der Waals surface area contributed by atoms with Crippen LogP contribution < -0.4 is 14.4 Å². The van der Waals surface area contributed by atoms with E-state index in [2.05, 4.69) is 80.0 Å². The number of hydrogen-bond donors (Lipinski definition) is 0. The smallest absolute Gasteiger partial charge is 0.123 e. The highest BCUT2D eigenvalue weighted by atomic mass is 16.5. The molecule has 0 amide bonds. The molecule has 30 aromatic carbocycles. The van der Waals surface area contributed by atoms with Gasteiger partial charge in [-0.25, -0.2) is 0 Å². The van der Waals surface area contributed by atoms with Crippen LogP contribution in [0, 0.1) is 0 Å². The molecule has 4 heteroatoms. The predicted octanol–water partition coefficient (Wildman–Crippen LogP) is 29.0. The number of nitrogens with zero attached hydrogens (tertiary/aromatic N) is 2. The lowest BCUT2D eigenvalue weighted by Gasteiger charge is -2.52. The van der Waals surface area contributed by atoms with Crippen molar-refractivity contribution in [1.82, 2.24) is 4.90 Å². The minimum absolute atomic E-state index is 0.00349. The van der Waals surface area contributed by atoms with Crippen molar-refractivity contribution in [1.29, 1.82) is 0 Å². The van der Waals surface area contributed by atoms with Crippen molar-refractivity contribution in [2.45, 2.75) is 180 Å². The first-order valence-corrected chi connectivity index (χ1v) is 42.9. The van der Waals surface area contributed by atoms with Crippen LogP contribution in [-0.2, 0) is 17.4 Å². The molecular formula is C103H72N2O2. The lowest BCUT2D eigenvalue weighted by Crippen LogP contribution is -2.51. The summed E-state index contributed by atoms with van der Waals surface area (Å²) in [5, 5.41) is 89.8. The van der Waals surface area contributed by atoms with Gasteiger partial charge in [-0.1, -0.05) is 142 Å². The summed E-state index contributed by atoms with van der Waals surface area (Å²) in [5.41, 5.74) is 10.3. The molecule has 1 fully saturated rings. The first-order chi connectivity index (χ1) is 53.1. The number of unbranched alkanes of at least 4 members (excludes halogenated alkanes) is 18. The van der Waals surface area contributed by atoms with Crippen LogP contribution in [0.2, 0.25) is 0 Å². The second-order valence-electron chi connectivity index (χ2n) is 37.4. The zero-order chi connectivity index (χ0) is 67.9. The van der Waals surface area contributed by atoms with Crippen molar-refractivity contribution in [3.8, 4) is 11.5 Å². The predicted molar refractivity (Wildman–Crippen MR) is 458 cm³/mol. The van der Waals surface area contributed by atoms with E-state index >= 15 is 0 Å². The maximum absolute atomic E-state index is 7.15. The monoisotopic (exact) mass is 1370 g/mol. The Bertz CT molecular complexity index is 8320. The zero-order valence-corrected chi connectivity index (χ0v) is 61.2. The molecule has 4 aliphatic carbocycles. The van der Waals surface area contributed by atoms with Crippen LogP contribution in [0.1, 0.15) is 196 Å². The summed E-state index contributed by atoms with van der Waals surface area (Å²) < 4.78 is 14.3. The van der Waals surface area contributed by atoms with Crippen LogP contribution in [0.15, 0.2) is 42.5 Å². The third-order valence-electron chi connectivity index (χ3n) is 34.0. The molecule has 107 heavy (non-hydrogen) atoms. The molecule has 1 atom stereocenters. The molecule has 0 aromatic heterocycles. The third-order valence-corrected chi connectivity index (χ3v) is 34.0. The van der Waals surface area contributed by atoms with E-state index in [0.717, 1.165) is 63.7 Å². The van der Waals surface area contributed by atoms with Crippen molar-refractivity contribution in [2.75, 3.05) is 37.7 Å². The van der Waals surface area contributed by atoms with Gasteiger partial charge >= 0.3 is 0 Å². The van der Waals surface area contributed by atoms with Crippen molar-refractivity contribution in [3.05, 3.63) is 75.8 Å². The lowest BCUT2D eigenvalue weighted by molar-refractivity contribution is 0.217. The van der Waals surface area contributed by atoms with Crippen LogP contribution in [0.5, 0.6) is 11.5 Å². The lowest BCUT2D eigenvalue weighted by atomic mass is 9.47. The normalized spacial score (nSPS) is 19.7. The van der Waals surface area contributed by atoms with Gasteiger partial charge in [0.05, 0.1) is 30.1 Å². The number of benzene rings is 20. The largest absolute Gasteiger partial charge is 0.493 e. The van der Waals surface area contributed by atoms with E-state index < -0.39 is 10.8 Å². The van der Waals surface area contributed by atoms with Crippen LogP contribution in [0.25, 0.3) is 291 Å². The molecule has 35 rings (SSSR count). The minimum atomic E-state index is -0.479. The van der Waals surface area contributed by atoms with E-state index in [9.17, 15) is 0 Å². The van der Waals surface area contributed by atoms with Gasteiger partial charge in [0.2, 0.25) is 0 Å². The summed E-state index contributed by atoms with van der Waals surface area (Å²) in [6.45, 7) is 14.6. The van der Waals surface area contributed by atoms with Gasteiger partial charge in [0.1, 0.15) is 11.5 Å². The molecule has 0 bridgehead atoms. The molecule has 506 valence electrons. The molecule has 0 N–H and O–H groups in total. The standard InChI is InChI=1S/C103H72N2O2/c1-5-9-11-13-15-17-19-21-23-25-31-106-41-33-38(34-42(35-41)107-32-26-24-22-20-18-16-14-12-10-6-2)36-105-37-102-97-89-81-71-61-53-45-43-44-47-51-49(45)57-65-59(51)69-63-55(47)56-48(44)52-50-46(43)54(53)62-68-58(50)66-60(52)70-64(56)74-73(63)85-79(69)87-77(65)83(75(81)67(57)61)91(97)93(87)99-95(85)96-86(74)80(70)88-78(66)84-76(68)82(72(62)71)90(89)98(102)92(84)94(88)100(96)103(99,102)101(105)39-27-29-40(30-28-39)104(7-3)8-4/h27-30,33-35,101H,5-26,31-32,36-37H2,1-4H3. The average Bonchev–Trinajstić information content (AvgIpc) is 1.38. The van der Waals surface area contributed by atoms with Gasteiger partial charge in [-0.05, 0) is 375 Å². The fourth-order valence-electron chi connectivity index (χ4n) is 31.7. The Morgan fingerprint density at radius 1 is 0.290 bits per heavy atom. The Labute approximate surface area is 611 Å². The van der Waals surface area contributed by atoms with E-state index in [0.29, 0.717) is 0 Å². The second-order valence-corrected chi connectivity index (χ2v) is 37.4. The third kappa shape index (κ3) is 4.37. The quantitative estimate of drug-likeness (QED) is 0.0331. The van der Waals surface area contributed by atoms with Gasteiger partial charge in [0.15, 0.2) is 0 Å². The van der Waals surface area contributed by atoms with Gasteiger partial charge in [-0.3, -0.25) is 4.90 Å². The molecule has 0 radical (unpaired) electrons. The molecular weight excluding hydrogens is 1300 g/mol. The molecule has 30 aromatic rings. The molecule has 1 aliphatic heterocycles. The van der Waals surface area contributed by atoms with Gasteiger partial charge in [-0.15, -0.1) is 0 Å². The Morgan fingerprint density at radius 2 is 0.533 bits per heavy atom. The van der Waals surface area contributed by atoms with Gasteiger partial charge in [0.25, 0.3) is 0 Å². The van der Waals surface area contributed by atoms with Crippen molar-refractivity contribution in [2.24, 2.45) is 0 Å². The van der Waals surface area contributed by atoms with Crippen LogP contribution >= 0.6 is 0 Å². The van der Waals surface area contributed by atoms with Crippen LogP contribution in [0.4, 0.5) is 5.69 Å². The van der Waals surface area contributed by atoms with Crippen LogP contribution in [0.3, 0.4) is 0 Å². The van der Waals surface area contributed by atoms with E-state index in [-0.39, 0.29) is 6.04 Å². The van der Waals surface area contributed by atoms with E-state index in [4.69, 9.17) is 9.47 Å². The molecule has 2 spiro atoms. The summed E-state index contributed by atoms with van der Waals surface area (Å²) in [4.78, 5) is 5.76. The maximum atomic E-state index is 7.15. The summed E-state index contributed by atoms with van der Waals surface area (Å²) in [7, 11) is 0. The summed E-state index contributed by atoms with van der Waals surface area (Å²) >= 11 is 0. The van der Waals surface area contributed by atoms with Crippen molar-refractivity contribution >= 4 is 297 Å². The highest BCUT2D eigenvalue weighted by molar-refractivity contribution is 6.82. The number of likely N-dealkylation sites (tertiary alicyclic amines) is 1. The van der Waals surface area contributed by atoms with E-state index in [1.807, 2.05) is 0 Å². The molecule has 4 nitrogen and oxygen atoms in total. The van der Waals surface area contributed by atoms with Crippen molar-refractivity contribution in [3.63, 3.8) is 0 Å². The molecule has 1 unspecified atom stereocenters. The first-order valence-electron chi connectivity index (χ1n) is 42.9. The number of rotatable bonds is 30. The fraction of sp³-hybridized carbons (Fsp3) is 0.320. The average molecular weight is 1370 g/mol. The molecule has 1 saturated heterocycles. The van der Waals surface area contributed by atoms with Crippen LogP contribution in [-0.4, -0.2) is 37.7 Å². The maximum Gasteiger partial charge on any atom is 0.123 e. The van der Waals surface area contributed by atoms with Gasteiger partial charge in [-0.2, -0.15) is 0 Å². The van der Waals surface area contributed by atoms with E-state index in [1.165, 1.54) is 132 Å². The SMILES string of the molecule is CCCCCCCCCCCCOc1cc(CN2CC34c5c6c7c8c9c%10c(c%11c%12c3c3c5c5c%13c6c6c7c7c9c9c%14c%10c%10c%11c%11c%12c%12c3c3c5c5c%13c%13c6c6c7c9c7c9c%14c%10c%10c%11c%11c%12c3c3c5c5c%13c6c7c6c9c%10c%11c3c56)C84C2c2ccc(N(CC)CC)cc2)cc(OCCCCCCCCCCCC)c1. The van der Waals surface area contributed by atoms with Crippen molar-refractivity contribution < 1.29 is 9.47 Å². The highest BCUT2D eigenvalue weighted by Crippen LogP contribution is 2.87. The molecule has 5 aliphatic rings. The Hall–Kier alpha value is -9.74. The summed E-state index contributed by atoms with van der Waals surface area (Å²) in [5.74, 6) is 1.98. The summed E-state index contributed by atoms with van der Waals surface area (Å²) in [6.07, 6.45) is 26.4. The Morgan fingerprint density at radius 3 is 0.794 bits per heavy atom. The minimum Gasteiger partial charge on any atom is -0.493 e. The Balaban J connectivity index is 0.686. The number of hydrogen-bond acceptors (Lipinski definition) is 4. The van der Waals surface area contributed by atoms with Gasteiger partial charge < -0.3 is 14.4 Å². The highest BCUT2D eigenvalue weighted by Gasteiger charge is 2.76. The number of anilines is 1. The molecule has 0 saturated carbocycles. The number of ether oxygens (including phenoxy) is 2. The van der Waals surface area contributed by atoms with E-state index in [1.54, 1.807) is 313 Å². The molecule has 1 heterocycles. The first kappa shape index (κ1) is 53.1. The second kappa shape index (κ2) is 15.8. The zero-order valence-electron chi connectivity index (χ0n) is 61.2. The Kier molecular flexibility index (Phi) is 7.83. The summed E-state index contributed by atoms with van der Waals surface area (Å²) in [6, 6.07) is 17.8. The fourth-order valence-corrected chi connectivity index (χ4v) is 31.7.